The molecule has 1 saturated heterocycles. The van der Waals surface area contributed by atoms with Crippen LogP contribution >= 0.6 is 0 Å². The van der Waals surface area contributed by atoms with Crippen LogP contribution in [0.1, 0.15) is 57.9 Å². The predicted molar refractivity (Wildman–Crippen MR) is 109 cm³/mol. The minimum atomic E-state index is -3.07. The Morgan fingerprint density at radius 2 is 1.93 bits per heavy atom. The zero-order valence-electron chi connectivity index (χ0n) is 16.3. The van der Waals surface area contributed by atoms with Crippen molar-refractivity contribution in [3.05, 3.63) is 46.5 Å². The first-order chi connectivity index (χ1) is 12.9. The van der Waals surface area contributed by atoms with E-state index in [4.69, 9.17) is 4.74 Å². The summed E-state index contributed by atoms with van der Waals surface area (Å²) < 4.78 is 30.8. The van der Waals surface area contributed by atoms with Crippen molar-refractivity contribution in [2.75, 3.05) is 12.4 Å². The zero-order chi connectivity index (χ0) is 19.4. The minimum Gasteiger partial charge on any atom is -0.508 e. The Morgan fingerprint density at radius 1 is 1.19 bits per heavy atom. The monoisotopic (exact) mass is 390 g/mol. The van der Waals surface area contributed by atoms with Gasteiger partial charge in [-0.25, -0.2) is 8.42 Å². The van der Waals surface area contributed by atoms with Crippen molar-refractivity contribution in [1.82, 2.24) is 0 Å². The van der Waals surface area contributed by atoms with Gasteiger partial charge in [-0.05, 0) is 49.0 Å². The third-order valence-corrected chi connectivity index (χ3v) is 7.48. The topological polar surface area (TPSA) is 63.6 Å². The lowest BCUT2D eigenvalue weighted by molar-refractivity contribution is 0.117. The fraction of sp³-hybridized carbons (Fsp3) is 0.545. The van der Waals surface area contributed by atoms with Gasteiger partial charge in [0.2, 0.25) is 0 Å². The molecule has 27 heavy (non-hydrogen) atoms. The Labute approximate surface area is 162 Å². The summed E-state index contributed by atoms with van der Waals surface area (Å²) in [6.07, 6.45) is 7.75. The Balaban J connectivity index is 1.73. The molecule has 1 fully saturated rings. The number of phenolic OH excluding ortho intramolecular Hbond substituents is 1. The molecule has 0 bridgehead atoms. The fourth-order valence-corrected chi connectivity index (χ4v) is 6.23. The van der Waals surface area contributed by atoms with Crippen molar-refractivity contribution in [2.24, 2.45) is 0 Å². The van der Waals surface area contributed by atoms with Crippen LogP contribution in [-0.4, -0.2) is 37.2 Å². The molecule has 1 aromatic rings. The standard InChI is InChI=1S/C22H30O4S/c1-3-5-16(13-17-7-10-19(23)11-8-17)9-12-20-22-18(6-4-2)15-27(24,25)21(22)14-26-20/h7-8,10-11,13,20-21,23H,3-6,9,12,14-15H2,1-2H3/b16-13+/t20-,21+/m1/s1. The van der Waals surface area contributed by atoms with Crippen molar-refractivity contribution in [2.45, 2.75) is 63.7 Å². The Bertz CT molecular complexity index is 818. The lowest BCUT2D eigenvalue weighted by Gasteiger charge is -2.15. The third-order valence-electron chi connectivity index (χ3n) is 5.47. The van der Waals surface area contributed by atoms with E-state index in [1.165, 1.54) is 5.57 Å². The van der Waals surface area contributed by atoms with Gasteiger partial charge in [-0.1, -0.05) is 56.0 Å². The summed E-state index contributed by atoms with van der Waals surface area (Å²) in [7, 11) is -3.07. The molecule has 0 aromatic heterocycles. The number of fused-ring (bicyclic) bond motifs is 1. The Morgan fingerprint density at radius 3 is 2.59 bits per heavy atom. The summed E-state index contributed by atoms with van der Waals surface area (Å²) in [5.74, 6) is 0.499. The molecule has 1 N–H and O–H groups in total. The van der Waals surface area contributed by atoms with Gasteiger partial charge in [-0.3, -0.25) is 0 Å². The first kappa shape index (κ1) is 20.2. The zero-order valence-corrected chi connectivity index (χ0v) is 17.1. The number of aromatic hydroxyl groups is 1. The summed E-state index contributed by atoms with van der Waals surface area (Å²) in [6, 6.07) is 7.23. The quantitative estimate of drug-likeness (QED) is 0.656. The lowest BCUT2D eigenvalue weighted by atomic mass is 9.94. The summed E-state index contributed by atoms with van der Waals surface area (Å²) in [5, 5.41) is 9.04. The second-order valence-electron chi connectivity index (χ2n) is 7.61. The number of hydrogen-bond acceptors (Lipinski definition) is 4. The highest BCUT2D eigenvalue weighted by Crippen LogP contribution is 2.40. The highest BCUT2D eigenvalue weighted by atomic mass is 32.2. The molecule has 1 aromatic carbocycles. The van der Waals surface area contributed by atoms with Crippen molar-refractivity contribution >= 4 is 15.9 Å². The minimum absolute atomic E-state index is 0.0612. The number of ether oxygens (including phenoxy) is 1. The van der Waals surface area contributed by atoms with E-state index in [2.05, 4.69) is 19.9 Å². The molecule has 148 valence electrons. The van der Waals surface area contributed by atoms with Gasteiger partial charge in [0.05, 0.1) is 18.5 Å². The van der Waals surface area contributed by atoms with E-state index in [0.717, 1.165) is 55.2 Å². The Kier molecular flexibility index (Phi) is 6.43. The van der Waals surface area contributed by atoms with Crippen LogP contribution < -0.4 is 0 Å². The van der Waals surface area contributed by atoms with E-state index in [0.29, 0.717) is 6.61 Å². The van der Waals surface area contributed by atoms with Crippen LogP contribution in [0.25, 0.3) is 6.08 Å². The van der Waals surface area contributed by atoms with E-state index >= 15 is 0 Å². The van der Waals surface area contributed by atoms with E-state index in [9.17, 15) is 13.5 Å². The molecule has 0 radical (unpaired) electrons. The summed E-state index contributed by atoms with van der Waals surface area (Å²) in [4.78, 5) is 0. The van der Waals surface area contributed by atoms with Crippen molar-refractivity contribution in [1.29, 1.82) is 0 Å². The molecular formula is C22H30O4S. The summed E-state index contributed by atoms with van der Waals surface area (Å²) in [6.45, 7) is 4.58. The van der Waals surface area contributed by atoms with E-state index in [-0.39, 0.29) is 17.6 Å². The average Bonchev–Trinajstić information content (AvgIpc) is 3.16. The van der Waals surface area contributed by atoms with Crippen LogP contribution in [0.15, 0.2) is 41.0 Å². The number of sulfone groups is 1. The van der Waals surface area contributed by atoms with Crippen LogP contribution in [-0.2, 0) is 14.6 Å². The van der Waals surface area contributed by atoms with Gasteiger partial charge in [0.15, 0.2) is 9.84 Å². The third kappa shape index (κ3) is 4.64. The molecule has 5 heteroatoms. The normalized spacial score (nSPS) is 24.4. The smallest absolute Gasteiger partial charge is 0.163 e. The summed E-state index contributed by atoms with van der Waals surface area (Å²) >= 11 is 0. The number of benzene rings is 1. The number of rotatable bonds is 8. The first-order valence-corrected chi connectivity index (χ1v) is 11.7. The molecule has 2 aliphatic rings. The molecule has 0 amide bonds. The second-order valence-corrected chi connectivity index (χ2v) is 9.79. The second kappa shape index (κ2) is 8.61. The van der Waals surface area contributed by atoms with E-state index < -0.39 is 15.1 Å². The van der Waals surface area contributed by atoms with Crippen molar-refractivity contribution in [3.8, 4) is 5.75 Å². The molecule has 2 aliphatic heterocycles. The largest absolute Gasteiger partial charge is 0.508 e. The molecule has 2 atom stereocenters. The summed E-state index contributed by atoms with van der Waals surface area (Å²) in [5.41, 5.74) is 4.59. The SMILES string of the molecule is CCCC1=C2[C@@H](CC/C(=C/c3ccc(O)cc3)CCC)OC[C@@H]2S(=O)(=O)C1. The van der Waals surface area contributed by atoms with Gasteiger partial charge in [-0.15, -0.1) is 0 Å². The Hall–Kier alpha value is -1.59. The number of phenols is 1. The van der Waals surface area contributed by atoms with Gasteiger partial charge in [0.25, 0.3) is 0 Å². The fourth-order valence-electron chi connectivity index (χ4n) is 4.24. The molecule has 2 heterocycles. The molecule has 0 aliphatic carbocycles. The maximum absolute atomic E-state index is 12.4. The molecular weight excluding hydrogens is 360 g/mol. The van der Waals surface area contributed by atoms with Crippen LogP contribution in [0.4, 0.5) is 0 Å². The van der Waals surface area contributed by atoms with Crippen LogP contribution in [0.5, 0.6) is 5.75 Å². The number of allylic oxidation sites excluding steroid dienone is 1. The van der Waals surface area contributed by atoms with Crippen molar-refractivity contribution in [3.63, 3.8) is 0 Å². The van der Waals surface area contributed by atoms with Gasteiger partial charge in [-0.2, -0.15) is 0 Å². The highest BCUT2D eigenvalue weighted by molar-refractivity contribution is 7.92. The van der Waals surface area contributed by atoms with Crippen LogP contribution in [0.2, 0.25) is 0 Å². The van der Waals surface area contributed by atoms with Crippen molar-refractivity contribution < 1.29 is 18.3 Å². The lowest BCUT2D eigenvalue weighted by Crippen LogP contribution is -2.19. The van der Waals surface area contributed by atoms with Gasteiger partial charge in [0.1, 0.15) is 11.0 Å². The first-order valence-electron chi connectivity index (χ1n) is 9.98. The maximum atomic E-state index is 12.4. The van der Waals surface area contributed by atoms with Gasteiger partial charge < -0.3 is 9.84 Å². The maximum Gasteiger partial charge on any atom is 0.163 e. The van der Waals surface area contributed by atoms with Crippen LogP contribution in [0.3, 0.4) is 0 Å². The molecule has 0 unspecified atom stereocenters. The molecule has 4 nitrogen and oxygen atoms in total. The van der Waals surface area contributed by atoms with Crippen LogP contribution in [0, 0.1) is 0 Å². The average molecular weight is 391 g/mol. The van der Waals surface area contributed by atoms with E-state index in [1.54, 1.807) is 12.1 Å². The molecule has 3 rings (SSSR count). The van der Waals surface area contributed by atoms with Gasteiger partial charge >= 0.3 is 0 Å². The molecule has 0 saturated carbocycles. The highest BCUT2D eigenvalue weighted by Gasteiger charge is 2.46. The number of hydrogen-bond donors (Lipinski definition) is 1. The molecule has 0 spiro atoms. The van der Waals surface area contributed by atoms with Gasteiger partial charge in [0, 0.05) is 0 Å². The van der Waals surface area contributed by atoms with E-state index in [1.807, 2.05) is 12.1 Å². The predicted octanol–water partition coefficient (Wildman–Crippen LogP) is 4.65.